The standard InChI is InChI=1S/C54H104O6/c1-6-8-9-10-11-22-31-36-41-46-54(57)60-51(48-59-53(56)45-40-35-30-26-21-17-16-18-23-27-32-37-42-49(3)4)47-58-52(55)44-39-34-29-25-20-15-13-12-14-19-24-28-33-38-43-50(5)7-2/h49-51H,6-48H2,1-5H3/t50?,51-/m1/s1. The van der Waals surface area contributed by atoms with Crippen LogP contribution in [0, 0.1) is 11.8 Å². The molecule has 0 spiro atoms. The van der Waals surface area contributed by atoms with Crippen LogP contribution in [-0.2, 0) is 28.6 Å². The number of esters is 3. The van der Waals surface area contributed by atoms with Gasteiger partial charge in [0.1, 0.15) is 13.2 Å². The van der Waals surface area contributed by atoms with Crippen molar-refractivity contribution in [3.63, 3.8) is 0 Å². The number of rotatable bonds is 48. The molecule has 1 unspecified atom stereocenters. The molecule has 60 heavy (non-hydrogen) atoms. The number of unbranched alkanes of at least 4 members (excludes halogenated alkanes) is 32. The fourth-order valence-electron chi connectivity index (χ4n) is 8.13. The minimum absolute atomic E-state index is 0.0635. The smallest absolute Gasteiger partial charge is 0.306 e. The zero-order chi connectivity index (χ0) is 44.0. The first-order chi connectivity index (χ1) is 29.3. The number of hydrogen-bond donors (Lipinski definition) is 0. The van der Waals surface area contributed by atoms with E-state index in [1.165, 1.54) is 186 Å². The number of carbonyl (C=O) groups is 3. The minimum Gasteiger partial charge on any atom is -0.462 e. The molecule has 2 atom stereocenters. The summed E-state index contributed by atoms with van der Waals surface area (Å²) in [4.78, 5) is 37.9. The van der Waals surface area contributed by atoms with E-state index < -0.39 is 6.10 Å². The van der Waals surface area contributed by atoms with Gasteiger partial charge < -0.3 is 14.2 Å². The van der Waals surface area contributed by atoms with Gasteiger partial charge in [-0.1, -0.05) is 259 Å². The van der Waals surface area contributed by atoms with Gasteiger partial charge in [0.15, 0.2) is 6.10 Å². The molecule has 0 aromatic rings. The maximum atomic E-state index is 12.7. The normalized spacial score (nSPS) is 12.5. The molecule has 0 radical (unpaired) electrons. The van der Waals surface area contributed by atoms with Crippen LogP contribution < -0.4 is 0 Å². The van der Waals surface area contributed by atoms with Gasteiger partial charge >= 0.3 is 17.9 Å². The fraction of sp³-hybridized carbons (Fsp3) is 0.944. The molecule has 0 aliphatic carbocycles. The van der Waals surface area contributed by atoms with Crippen LogP contribution in [-0.4, -0.2) is 37.2 Å². The molecule has 6 heteroatoms. The van der Waals surface area contributed by atoms with Crippen molar-refractivity contribution in [2.45, 2.75) is 304 Å². The van der Waals surface area contributed by atoms with E-state index >= 15 is 0 Å². The lowest BCUT2D eigenvalue weighted by Crippen LogP contribution is -2.30. The Morgan fingerprint density at radius 1 is 0.350 bits per heavy atom. The molecule has 0 amide bonds. The molecule has 0 saturated heterocycles. The summed E-state index contributed by atoms with van der Waals surface area (Å²) in [6.45, 7) is 11.4. The van der Waals surface area contributed by atoms with Gasteiger partial charge in [-0.3, -0.25) is 14.4 Å². The monoisotopic (exact) mass is 849 g/mol. The largest absolute Gasteiger partial charge is 0.462 e. The molecule has 6 nitrogen and oxygen atoms in total. The Morgan fingerprint density at radius 3 is 0.950 bits per heavy atom. The van der Waals surface area contributed by atoms with E-state index in [1.807, 2.05) is 0 Å². The Morgan fingerprint density at radius 2 is 0.633 bits per heavy atom. The lowest BCUT2D eigenvalue weighted by molar-refractivity contribution is -0.167. The molecule has 0 N–H and O–H groups in total. The molecular formula is C54H104O6. The Hall–Kier alpha value is -1.59. The van der Waals surface area contributed by atoms with Gasteiger partial charge in [-0.25, -0.2) is 0 Å². The van der Waals surface area contributed by atoms with Gasteiger partial charge in [-0.2, -0.15) is 0 Å². The molecule has 0 fully saturated rings. The van der Waals surface area contributed by atoms with E-state index in [4.69, 9.17) is 14.2 Å². The highest BCUT2D eigenvalue weighted by atomic mass is 16.6. The summed E-state index contributed by atoms with van der Waals surface area (Å²) in [6.07, 6.45) is 48.0. The van der Waals surface area contributed by atoms with Crippen LogP contribution in [0.15, 0.2) is 0 Å². The van der Waals surface area contributed by atoms with Crippen molar-refractivity contribution in [2.24, 2.45) is 11.8 Å². The van der Waals surface area contributed by atoms with E-state index in [2.05, 4.69) is 34.6 Å². The molecule has 0 heterocycles. The molecule has 0 bridgehead atoms. The van der Waals surface area contributed by atoms with Crippen molar-refractivity contribution in [2.75, 3.05) is 13.2 Å². The van der Waals surface area contributed by atoms with Crippen molar-refractivity contribution in [1.82, 2.24) is 0 Å². The molecule has 0 aromatic heterocycles. The molecule has 0 saturated carbocycles. The molecule has 0 rings (SSSR count). The third-order valence-electron chi connectivity index (χ3n) is 12.6. The molecular weight excluding hydrogens is 745 g/mol. The first-order valence-corrected chi connectivity index (χ1v) is 26.8. The zero-order valence-corrected chi connectivity index (χ0v) is 41.1. The third-order valence-corrected chi connectivity index (χ3v) is 12.6. The van der Waals surface area contributed by atoms with Gasteiger partial charge in [0.2, 0.25) is 0 Å². The van der Waals surface area contributed by atoms with Crippen LogP contribution in [0.2, 0.25) is 0 Å². The maximum Gasteiger partial charge on any atom is 0.306 e. The third kappa shape index (κ3) is 45.9. The summed E-state index contributed by atoms with van der Waals surface area (Å²) in [5.74, 6) is 0.882. The number of carbonyl (C=O) groups excluding carboxylic acids is 3. The van der Waals surface area contributed by atoms with Crippen LogP contribution in [0.25, 0.3) is 0 Å². The van der Waals surface area contributed by atoms with Crippen LogP contribution >= 0.6 is 0 Å². The zero-order valence-electron chi connectivity index (χ0n) is 41.1. The predicted molar refractivity (Wildman–Crippen MR) is 256 cm³/mol. The Balaban J connectivity index is 4.22. The van der Waals surface area contributed by atoms with Crippen molar-refractivity contribution in [1.29, 1.82) is 0 Å². The minimum atomic E-state index is -0.761. The Kier molecular flexibility index (Phi) is 45.7. The van der Waals surface area contributed by atoms with Crippen molar-refractivity contribution < 1.29 is 28.6 Å². The Labute approximate surface area is 374 Å². The van der Waals surface area contributed by atoms with Crippen molar-refractivity contribution in [3.05, 3.63) is 0 Å². The van der Waals surface area contributed by atoms with Crippen LogP contribution in [0.5, 0.6) is 0 Å². The topological polar surface area (TPSA) is 78.9 Å². The molecule has 0 aliphatic rings. The van der Waals surface area contributed by atoms with Crippen LogP contribution in [0.3, 0.4) is 0 Å². The Bertz CT molecular complexity index is 918. The quantitative estimate of drug-likeness (QED) is 0.0345. The summed E-state index contributed by atoms with van der Waals surface area (Å²) in [7, 11) is 0. The lowest BCUT2D eigenvalue weighted by atomic mass is 9.99. The number of ether oxygens (including phenoxy) is 3. The van der Waals surface area contributed by atoms with Crippen LogP contribution in [0.1, 0.15) is 298 Å². The van der Waals surface area contributed by atoms with E-state index in [1.54, 1.807) is 0 Å². The summed E-state index contributed by atoms with van der Waals surface area (Å²) in [5.41, 5.74) is 0. The highest BCUT2D eigenvalue weighted by Gasteiger charge is 2.19. The second kappa shape index (κ2) is 46.9. The van der Waals surface area contributed by atoms with Gasteiger partial charge in [-0.15, -0.1) is 0 Å². The van der Waals surface area contributed by atoms with Gasteiger partial charge in [0.05, 0.1) is 0 Å². The highest BCUT2D eigenvalue weighted by Crippen LogP contribution is 2.18. The first-order valence-electron chi connectivity index (χ1n) is 26.8. The van der Waals surface area contributed by atoms with E-state index in [9.17, 15) is 14.4 Å². The summed E-state index contributed by atoms with van der Waals surface area (Å²) in [6, 6.07) is 0. The average molecular weight is 849 g/mol. The molecule has 0 aliphatic heterocycles. The van der Waals surface area contributed by atoms with E-state index in [0.717, 1.165) is 69.6 Å². The van der Waals surface area contributed by atoms with Gasteiger partial charge in [-0.05, 0) is 31.1 Å². The predicted octanol–water partition coefficient (Wildman–Crippen LogP) is 17.3. The lowest BCUT2D eigenvalue weighted by Gasteiger charge is -2.18. The number of hydrogen-bond acceptors (Lipinski definition) is 6. The second-order valence-electron chi connectivity index (χ2n) is 19.2. The van der Waals surface area contributed by atoms with Crippen LogP contribution in [0.4, 0.5) is 0 Å². The van der Waals surface area contributed by atoms with Gasteiger partial charge in [0, 0.05) is 19.3 Å². The summed E-state index contributed by atoms with van der Waals surface area (Å²) in [5, 5.41) is 0. The van der Waals surface area contributed by atoms with Crippen molar-refractivity contribution in [3.8, 4) is 0 Å². The summed E-state index contributed by atoms with van der Waals surface area (Å²) >= 11 is 0. The second-order valence-corrected chi connectivity index (χ2v) is 19.2. The first kappa shape index (κ1) is 58.4. The fourth-order valence-corrected chi connectivity index (χ4v) is 8.13. The summed E-state index contributed by atoms with van der Waals surface area (Å²) < 4.78 is 16.8. The average Bonchev–Trinajstić information content (AvgIpc) is 3.23. The maximum absolute atomic E-state index is 12.7. The molecule has 356 valence electrons. The van der Waals surface area contributed by atoms with E-state index in [-0.39, 0.29) is 31.1 Å². The van der Waals surface area contributed by atoms with Gasteiger partial charge in [0.25, 0.3) is 0 Å². The SMILES string of the molecule is CCCCCCCCCCCC(=O)O[C@H](COC(=O)CCCCCCCCCCCCCCCCC(C)CC)COC(=O)CCCCCCCCCCCCCCC(C)C. The molecule has 0 aromatic carbocycles. The highest BCUT2D eigenvalue weighted by molar-refractivity contribution is 5.71. The van der Waals surface area contributed by atoms with Crippen molar-refractivity contribution >= 4 is 17.9 Å². The van der Waals surface area contributed by atoms with E-state index in [0.29, 0.717) is 19.3 Å².